The van der Waals surface area contributed by atoms with Gasteiger partial charge in [-0.15, -0.1) is 0 Å². The number of benzene rings is 3. The van der Waals surface area contributed by atoms with Crippen molar-refractivity contribution in [2.45, 2.75) is 203 Å². The average molecular weight is 1550 g/mol. The van der Waals surface area contributed by atoms with E-state index in [2.05, 4.69) is 67.8 Å². The van der Waals surface area contributed by atoms with Crippen LogP contribution in [0.5, 0.6) is 0 Å². The van der Waals surface area contributed by atoms with Crippen LogP contribution < -0.4 is 105 Å². The maximum atomic E-state index is 15.0. The first-order valence-corrected chi connectivity index (χ1v) is 37.4. The zero-order valence-corrected chi connectivity index (χ0v) is 64.2. The summed E-state index contributed by atoms with van der Waals surface area (Å²) in [6.45, 7) is 6.69. The van der Waals surface area contributed by atoms with E-state index in [1.165, 1.54) is 30.7 Å². The highest BCUT2D eigenvalue weighted by Gasteiger charge is 2.41. The summed E-state index contributed by atoms with van der Waals surface area (Å²) >= 11 is 0. The Morgan fingerprint density at radius 3 is 1.17 bits per heavy atom. The van der Waals surface area contributed by atoms with Gasteiger partial charge in [-0.1, -0.05) is 105 Å². The fraction of sp³-hybridized carbons (Fsp3) is 0.541. The van der Waals surface area contributed by atoms with Crippen molar-refractivity contribution in [1.82, 2.24) is 57.7 Å². The average Bonchev–Trinajstić information content (AvgIpc) is 1.79. The lowest BCUT2D eigenvalue weighted by Crippen LogP contribution is -2.61. The molecule has 0 bridgehead atoms. The van der Waals surface area contributed by atoms with Gasteiger partial charge in [-0.3, -0.25) is 77.5 Å². The molecule has 0 aromatic heterocycles. The fourth-order valence-electron chi connectivity index (χ4n) is 12.2. The molecule has 37 heteroatoms. The lowest BCUT2D eigenvalue weighted by atomic mass is 9.99. The van der Waals surface area contributed by atoms with E-state index in [4.69, 9.17) is 57.3 Å². The second kappa shape index (κ2) is 48.7. The van der Waals surface area contributed by atoms with Gasteiger partial charge in [0.2, 0.25) is 70.9 Å². The molecule has 11 atom stereocenters. The Kier molecular flexibility index (Phi) is 40.2. The van der Waals surface area contributed by atoms with E-state index in [0.29, 0.717) is 36.9 Å². The van der Waals surface area contributed by atoms with Crippen LogP contribution in [0.3, 0.4) is 0 Å². The molecule has 1 heterocycles. The topological polar surface area (TPSA) is 629 Å². The molecule has 1 aliphatic rings. The number of amides is 12. The molecule has 12 amide bonds. The molecule has 29 N–H and O–H groups in total. The van der Waals surface area contributed by atoms with E-state index in [9.17, 15) is 52.7 Å². The second-order valence-corrected chi connectivity index (χ2v) is 27.7. The summed E-state index contributed by atoms with van der Waals surface area (Å²) in [5.41, 5.74) is 58.3. The first-order chi connectivity index (χ1) is 52.8. The van der Waals surface area contributed by atoms with Gasteiger partial charge in [0.05, 0.1) is 0 Å². The number of carbonyl (C=O) groups excluding carboxylic acids is 12. The highest BCUT2D eigenvalue weighted by Crippen LogP contribution is 2.22. The molecule has 111 heavy (non-hydrogen) atoms. The van der Waals surface area contributed by atoms with Crippen molar-refractivity contribution < 1.29 is 57.5 Å². The van der Waals surface area contributed by atoms with E-state index in [1.54, 1.807) is 86.6 Å². The van der Waals surface area contributed by atoms with Crippen LogP contribution in [0.1, 0.15) is 134 Å². The second-order valence-electron chi connectivity index (χ2n) is 27.7. The van der Waals surface area contributed by atoms with Crippen molar-refractivity contribution >= 4 is 94.7 Å². The van der Waals surface area contributed by atoms with Crippen LogP contribution in [0.25, 0.3) is 0 Å². The fourth-order valence-corrected chi connectivity index (χ4v) is 12.2. The summed E-state index contributed by atoms with van der Waals surface area (Å²) in [6, 6.07) is 12.2. The number of nitrogens with two attached hydrogens (primary N) is 10. The van der Waals surface area contributed by atoms with Gasteiger partial charge >= 0.3 is 0 Å². The number of unbranched alkanes of at least 4 members (excludes halogenated alkanes) is 1. The van der Waals surface area contributed by atoms with Crippen LogP contribution in [0, 0.1) is 5.92 Å². The predicted molar refractivity (Wildman–Crippen MR) is 422 cm³/mol. The number of primary amides is 1. The molecule has 1 fully saturated rings. The smallest absolute Gasteiger partial charge is 0.245 e. The van der Waals surface area contributed by atoms with E-state index < -0.39 is 137 Å². The molecule has 3 aromatic rings. The van der Waals surface area contributed by atoms with Gasteiger partial charge in [0.25, 0.3) is 0 Å². The zero-order chi connectivity index (χ0) is 82.1. The Bertz CT molecular complexity index is 3650. The highest BCUT2D eigenvalue weighted by molar-refractivity contribution is 6.00. The van der Waals surface area contributed by atoms with Crippen LogP contribution in [-0.2, 0) is 76.8 Å². The molecule has 3 aromatic carbocycles. The lowest BCUT2D eigenvalue weighted by molar-refractivity contribution is -0.142. The number of rotatable bonds is 49. The van der Waals surface area contributed by atoms with Gasteiger partial charge in [-0.2, -0.15) is 0 Å². The standard InChI is InChI=1S/C74H117N25O12/c1-44(2)40-55(95-64(105)53(31-19-37-87-73(81)82)93-66(107)56(41-47-22-9-6-10-23-47)96-67(108)57(42-48-24-11-7-12-25-48)97-69(110)59(98(5)46(4)100)43-49-26-13-8-14-27-49)65(106)92-52(30-18-36-86-72(79)80)63(104)91-51(29-17-35-85-71(77)78)62(103)89-45(3)61(102)94-54(32-20-38-88-74(83)84)70(111)99-39-21-33-58(99)68(109)90-50(60(76)101)28-15-16-34-75/h6-14,22-27,44-45,50-59H,15-21,28-43,75H2,1-5H3,(H2,76,101)(H,89,103)(H,90,109)(H,91,104)(H,92,106)(H,93,107)(H,94,102)(H,95,105)(H,96,108)(H,97,110)(H4,77,78,85)(H4,79,80,86)(H4,81,82,87)(H4,83,84,88)/t45-,50+,51+,52+,53+,54+,55+,56+,57+,58+,59+/m1/s1. The SMILES string of the molecule is CC(=O)N(C)[C@@H](Cc1ccccc1)C(=O)N[C@@H](Cc1ccccc1)C(=O)N[C@@H](Cc1ccccc1)C(=O)N[C@@H](CCCN=C(N)N)C(=O)N[C@@H](CC(C)C)C(=O)N[C@@H](CCCN=C(N)N)C(=O)N[C@@H](CCCN=C(N)N)C(=O)N[C@H](C)C(=O)N[C@@H](CCCN=C(N)N)C(=O)N1CCC[C@H]1C(=O)N[C@@H](CCCCN)C(N)=O. The number of guanidine groups is 4. The van der Waals surface area contributed by atoms with Crippen molar-refractivity contribution in [2.24, 2.45) is 83.2 Å². The number of hydrogen-bond donors (Lipinski definition) is 19. The summed E-state index contributed by atoms with van der Waals surface area (Å²) < 4.78 is 0. The molecule has 0 aliphatic carbocycles. The number of likely N-dealkylation sites (tertiary alicyclic amines) is 1. The first kappa shape index (κ1) is 91.7. The van der Waals surface area contributed by atoms with Crippen molar-refractivity contribution in [1.29, 1.82) is 0 Å². The first-order valence-electron chi connectivity index (χ1n) is 37.4. The molecule has 4 rings (SSSR count). The van der Waals surface area contributed by atoms with Crippen molar-refractivity contribution in [3.63, 3.8) is 0 Å². The largest absolute Gasteiger partial charge is 0.370 e. The Morgan fingerprint density at radius 1 is 0.423 bits per heavy atom. The van der Waals surface area contributed by atoms with Gasteiger partial charge in [-0.25, -0.2) is 0 Å². The minimum atomic E-state index is -1.48. The van der Waals surface area contributed by atoms with E-state index in [1.807, 2.05) is 18.2 Å². The van der Waals surface area contributed by atoms with Crippen molar-refractivity contribution in [3.05, 3.63) is 108 Å². The number of carbonyl (C=O) groups is 12. The number of nitrogens with zero attached hydrogens (tertiary/aromatic N) is 6. The van der Waals surface area contributed by atoms with Gasteiger partial charge in [0.15, 0.2) is 23.8 Å². The zero-order valence-electron chi connectivity index (χ0n) is 64.2. The molecular formula is C74H117N25O12. The third kappa shape index (κ3) is 34.2. The van der Waals surface area contributed by atoms with Gasteiger partial charge in [-0.05, 0) is 126 Å². The Morgan fingerprint density at radius 2 is 0.775 bits per heavy atom. The van der Waals surface area contributed by atoms with Crippen LogP contribution in [0.15, 0.2) is 111 Å². The van der Waals surface area contributed by atoms with Gasteiger partial charge in [0, 0.05) is 66.0 Å². The molecule has 610 valence electrons. The summed E-state index contributed by atoms with van der Waals surface area (Å²) in [5.74, 6) is -10.4. The quantitative estimate of drug-likeness (QED) is 0.0145. The van der Waals surface area contributed by atoms with Crippen LogP contribution in [-0.4, -0.2) is 217 Å². The number of likely N-dealkylation sites (N-methyl/N-ethyl adjacent to an activating group) is 1. The minimum absolute atomic E-state index is 0.00495. The highest BCUT2D eigenvalue weighted by atomic mass is 16.2. The third-order valence-corrected chi connectivity index (χ3v) is 18.2. The molecule has 0 radical (unpaired) electrons. The maximum absolute atomic E-state index is 15.0. The molecule has 0 unspecified atom stereocenters. The van der Waals surface area contributed by atoms with Crippen LogP contribution in [0.2, 0.25) is 0 Å². The van der Waals surface area contributed by atoms with Crippen LogP contribution in [0.4, 0.5) is 0 Å². The lowest BCUT2D eigenvalue weighted by Gasteiger charge is -2.30. The third-order valence-electron chi connectivity index (χ3n) is 18.2. The minimum Gasteiger partial charge on any atom is -0.370 e. The van der Waals surface area contributed by atoms with Crippen molar-refractivity contribution in [3.8, 4) is 0 Å². The Hall–Kier alpha value is -11.7. The normalized spacial score (nSPS) is 15.0. The molecule has 37 nitrogen and oxygen atoms in total. The predicted octanol–water partition coefficient (Wildman–Crippen LogP) is -4.19. The summed E-state index contributed by atoms with van der Waals surface area (Å²) in [6.07, 6.45) is 1.80. The maximum Gasteiger partial charge on any atom is 0.245 e. The number of nitrogens with one attached hydrogen (secondary N) is 9. The number of hydrogen-bond acceptors (Lipinski definition) is 17. The number of aliphatic imine (C=N–C) groups is 4. The van der Waals surface area contributed by atoms with Crippen LogP contribution >= 0.6 is 0 Å². The van der Waals surface area contributed by atoms with E-state index in [0.717, 1.165) is 5.56 Å². The summed E-state index contributed by atoms with van der Waals surface area (Å²) in [4.78, 5) is 190. The van der Waals surface area contributed by atoms with Crippen molar-refractivity contribution in [2.75, 3.05) is 46.3 Å². The molecule has 1 saturated heterocycles. The summed E-state index contributed by atoms with van der Waals surface area (Å²) in [5, 5.41) is 24.7. The van der Waals surface area contributed by atoms with E-state index in [-0.39, 0.29) is 152 Å². The van der Waals surface area contributed by atoms with Gasteiger partial charge in [0.1, 0.15) is 66.5 Å². The summed E-state index contributed by atoms with van der Waals surface area (Å²) in [7, 11) is 1.49. The Labute approximate surface area is 647 Å². The monoisotopic (exact) mass is 1550 g/mol. The molecular weight excluding hydrogens is 1430 g/mol. The molecule has 0 spiro atoms. The Balaban J connectivity index is 1.67. The van der Waals surface area contributed by atoms with Gasteiger partial charge < -0.3 is 115 Å². The van der Waals surface area contributed by atoms with E-state index >= 15 is 4.79 Å². The molecule has 0 saturated carbocycles. The molecule has 1 aliphatic heterocycles.